The fraction of sp³-hybridized carbons (Fsp3) is 1.00. The minimum atomic E-state index is -3.78. The van der Waals surface area contributed by atoms with Crippen molar-refractivity contribution in [3.8, 4) is 0 Å². The van der Waals surface area contributed by atoms with E-state index in [-0.39, 0.29) is 0 Å². The molecule has 3 nitrogen and oxygen atoms in total. The molecule has 0 aliphatic rings. The lowest BCUT2D eigenvalue weighted by molar-refractivity contribution is -0.0291. The van der Waals surface area contributed by atoms with E-state index >= 15 is 0 Å². The van der Waals surface area contributed by atoms with Crippen molar-refractivity contribution in [2.75, 3.05) is 12.4 Å². The summed E-state index contributed by atoms with van der Waals surface area (Å²) in [7, 11) is -3.78. The summed E-state index contributed by atoms with van der Waals surface area (Å²) in [5.74, 6) is -4.81. The molecular weight excluding hydrogens is 190 g/mol. The first-order chi connectivity index (χ1) is 5.21. The smallest absolute Gasteiger partial charge is 0.284 e. The van der Waals surface area contributed by atoms with Crippen LogP contribution in [0.1, 0.15) is 13.8 Å². The summed E-state index contributed by atoms with van der Waals surface area (Å²) in [6.45, 7) is 1.21. The van der Waals surface area contributed by atoms with Gasteiger partial charge in [-0.15, -0.1) is 0 Å². The van der Waals surface area contributed by atoms with Gasteiger partial charge in [0.1, 0.15) is 12.4 Å². The highest BCUT2D eigenvalue weighted by Crippen LogP contribution is 2.17. The summed E-state index contributed by atoms with van der Waals surface area (Å²) in [5.41, 5.74) is 0. The fourth-order valence-electron chi connectivity index (χ4n) is 0.507. The second-order valence-electron chi connectivity index (χ2n) is 2.87. The molecule has 0 bridgehead atoms. The molecule has 0 aromatic heterocycles. The Labute approximate surface area is 70.3 Å². The molecule has 74 valence electrons. The number of sulfone groups is 1. The molecule has 0 heterocycles. The van der Waals surface area contributed by atoms with Crippen molar-refractivity contribution in [2.24, 2.45) is 0 Å². The van der Waals surface area contributed by atoms with Crippen LogP contribution in [0, 0.1) is 0 Å². The molecule has 0 amide bonds. The zero-order chi connectivity index (χ0) is 9.99. The zero-order valence-electron chi connectivity index (χ0n) is 6.92. The van der Waals surface area contributed by atoms with Crippen molar-refractivity contribution < 1.29 is 22.3 Å². The van der Waals surface area contributed by atoms with Crippen LogP contribution in [0.2, 0.25) is 0 Å². The molecular formula is C6H12F2O3S. The van der Waals surface area contributed by atoms with Gasteiger partial charge in [0.25, 0.3) is 5.92 Å². The highest BCUT2D eigenvalue weighted by Gasteiger charge is 2.35. The number of aliphatic hydroxyl groups is 1. The summed E-state index contributed by atoms with van der Waals surface area (Å²) in [6.07, 6.45) is 0. The van der Waals surface area contributed by atoms with Gasteiger partial charge in [0.05, 0.1) is 5.25 Å². The number of aliphatic hydroxyl groups excluding tert-OH is 1. The zero-order valence-corrected chi connectivity index (χ0v) is 7.74. The van der Waals surface area contributed by atoms with Gasteiger partial charge in [-0.2, -0.15) is 0 Å². The van der Waals surface area contributed by atoms with Gasteiger partial charge in [-0.3, -0.25) is 0 Å². The topological polar surface area (TPSA) is 54.4 Å². The molecule has 0 saturated heterocycles. The van der Waals surface area contributed by atoms with E-state index in [1.165, 1.54) is 13.8 Å². The average molecular weight is 202 g/mol. The van der Waals surface area contributed by atoms with Crippen molar-refractivity contribution >= 4 is 9.84 Å². The average Bonchev–Trinajstić information content (AvgIpc) is 1.85. The van der Waals surface area contributed by atoms with E-state index in [1.807, 2.05) is 0 Å². The van der Waals surface area contributed by atoms with Crippen LogP contribution in [-0.4, -0.2) is 37.1 Å². The maximum absolute atomic E-state index is 12.4. The van der Waals surface area contributed by atoms with E-state index < -0.39 is 33.4 Å². The molecule has 0 fully saturated rings. The molecule has 0 rings (SSSR count). The Morgan fingerprint density at radius 1 is 1.42 bits per heavy atom. The first-order valence-electron chi connectivity index (χ1n) is 3.41. The third-order valence-electron chi connectivity index (χ3n) is 1.36. The number of hydrogen-bond acceptors (Lipinski definition) is 3. The normalized spacial score (nSPS) is 13.8. The Morgan fingerprint density at radius 3 is 2.08 bits per heavy atom. The van der Waals surface area contributed by atoms with E-state index in [4.69, 9.17) is 5.11 Å². The van der Waals surface area contributed by atoms with E-state index in [9.17, 15) is 17.2 Å². The first kappa shape index (κ1) is 11.8. The quantitative estimate of drug-likeness (QED) is 0.719. The highest BCUT2D eigenvalue weighted by molar-refractivity contribution is 7.92. The van der Waals surface area contributed by atoms with Crippen molar-refractivity contribution in [3.63, 3.8) is 0 Å². The predicted octanol–water partition coefficient (Wildman–Crippen LogP) is 0.437. The van der Waals surface area contributed by atoms with Crippen molar-refractivity contribution in [1.29, 1.82) is 0 Å². The Kier molecular flexibility index (Phi) is 3.59. The molecule has 0 spiro atoms. The van der Waals surface area contributed by atoms with Gasteiger partial charge < -0.3 is 5.11 Å². The van der Waals surface area contributed by atoms with Crippen molar-refractivity contribution in [1.82, 2.24) is 0 Å². The monoisotopic (exact) mass is 202 g/mol. The van der Waals surface area contributed by atoms with E-state index in [1.54, 1.807) is 0 Å². The van der Waals surface area contributed by atoms with E-state index in [0.29, 0.717) is 0 Å². The fourth-order valence-corrected chi connectivity index (χ4v) is 1.52. The third-order valence-corrected chi connectivity index (χ3v) is 3.62. The summed E-state index contributed by atoms with van der Waals surface area (Å²) >= 11 is 0. The molecule has 0 aliphatic carbocycles. The van der Waals surface area contributed by atoms with Crippen LogP contribution in [0.5, 0.6) is 0 Å². The molecule has 0 saturated carbocycles. The standard InChI is InChI=1S/C6H12F2O3S/c1-5(2)12(10,11)4-6(7,8)3-9/h5,9H,3-4H2,1-2H3. The lowest BCUT2D eigenvalue weighted by Gasteiger charge is -2.14. The van der Waals surface area contributed by atoms with Crippen LogP contribution < -0.4 is 0 Å². The lowest BCUT2D eigenvalue weighted by atomic mass is 10.4. The maximum Gasteiger partial charge on any atom is 0.284 e. The Balaban J connectivity index is 4.47. The molecule has 0 aromatic carbocycles. The second-order valence-corrected chi connectivity index (χ2v) is 5.43. The largest absolute Gasteiger partial charge is 0.390 e. The molecule has 0 radical (unpaired) electrons. The molecule has 0 unspecified atom stereocenters. The molecule has 0 aliphatic heterocycles. The maximum atomic E-state index is 12.4. The van der Waals surface area contributed by atoms with Gasteiger partial charge >= 0.3 is 0 Å². The number of hydrogen-bond donors (Lipinski definition) is 1. The minimum Gasteiger partial charge on any atom is -0.390 e. The van der Waals surface area contributed by atoms with Crippen molar-refractivity contribution in [2.45, 2.75) is 25.0 Å². The van der Waals surface area contributed by atoms with Gasteiger partial charge in [-0.1, -0.05) is 0 Å². The van der Waals surface area contributed by atoms with Gasteiger partial charge in [-0.05, 0) is 13.8 Å². The number of halogens is 2. The molecule has 0 aromatic rings. The van der Waals surface area contributed by atoms with E-state index in [0.717, 1.165) is 0 Å². The van der Waals surface area contributed by atoms with Gasteiger partial charge in [0.2, 0.25) is 0 Å². The van der Waals surface area contributed by atoms with Gasteiger partial charge in [0, 0.05) is 0 Å². The summed E-state index contributed by atoms with van der Waals surface area (Å²) in [6, 6.07) is 0. The number of alkyl halides is 2. The summed E-state index contributed by atoms with van der Waals surface area (Å²) in [4.78, 5) is 0. The van der Waals surface area contributed by atoms with Crippen LogP contribution in [-0.2, 0) is 9.84 Å². The predicted molar refractivity (Wildman–Crippen MR) is 41.0 cm³/mol. The number of rotatable bonds is 4. The van der Waals surface area contributed by atoms with Crippen LogP contribution in [0.3, 0.4) is 0 Å². The molecule has 12 heavy (non-hydrogen) atoms. The van der Waals surface area contributed by atoms with Gasteiger partial charge in [-0.25, -0.2) is 17.2 Å². The first-order valence-corrected chi connectivity index (χ1v) is 5.13. The third kappa shape index (κ3) is 3.44. The Morgan fingerprint density at radius 2 is 1.83 bits per heavy atom. The Bertz CT molecular complexity index is 233. The minimum absolute atomic E-state index is 0.838. The highest BCUT2D eigenvalue weighted by atomic mass is 32.2. The van der Waals surface area contributed by atoms with Crippen LogP contribution in [0.15, 0.2) is 0 Å². The van der Waals surface area contributed by atoms with Crippen LogP contribution >= 0.6 is 0 Å². The summed E-state index contributed by atoms with van der Waals surface area (Å²) < 4.78 is 46.6. The lowest BCUT2D eigenvalue weighted by Crippen LogP contribution is -2.34. The van der Waals surface area contributed by atoms with Gasteiger partial charge in [0.15, 0.2) is 9.84 Å². The second kappa shape index (κ2) is 3.66. The summed E-state index contributed by atoms with van der Waals surface area (Å²) in [5, 5.41) is 7.29. The molecule has 6 heteroatoms. The van der Waals surface area contributed by atoms with Crippen molar-refractivity contribution in [3.05, 3.63) is 0 Å². The SMILES string of the molecule is CC(C)S(=O)(=O)CC(F)(F)CO. The van der Waals surface area contributed by atoms with E-state index in [2.05, 4.69) is 0 Å². The van der Waals surface area contributed by atoms with Crippen LogP contribution in [0.4, 0.5) is 8.78 Å². The Hall–Kier alpha value is -0.230. The molecule has 0 atom stereocenters. The molecule has 1 N–H and O–H groups in total. The van der Waals surface area contributed by atoms with Crippen LogP contribution in [0.25, 0.3) is 0 Å².